The molecule has 0 atom stereocenters. The number of benzene rings is 1. The van der Waals surface area contributed by atoms with E-state index in [4.69, 9.17) is 5.73 Å². The fourth-order valence-electron chi connectivity index (χ4n) is 2.08. The quantitative estimate of drug-likeness (QED) is 0.788. The number of nitrogens with zero attached hydrogens (tertiary/aromatic N) is 1. The van der Waals surface area contributed by atoms with E-state index < -0.39 is 10.0 Å². The van der Waals surface area contributed by atoms with Crippen LogP contribution in [0.15, 0.2) is 23.1 Å². The van der Waals surface area contributed by atoms with E-state index in [9.17, 15) is 8.42 Å². The highest BCUT2D eigenvalue weighted by molar-refractivity contribution is 7.89. The van der Waals surface area contributed by atoms with Crippen molar-refractivity contribution in [1.29, 1.82) is 0 Å². The van der Waals surface area contributed by atoms with Gasteiger partial charge < -0.3 is 10.6 Å². The molecule has 0 saturated heterocycles. The maximum Gasteiger partial charge on any atom is 0.242 e. The maximum atomic E-state index is 11.8. The van der Waals surface area contributed by atoms with E-state index in [1.165, 1.54) is 7.05 Å². The smallest absolute Gasteiger partial charge is 0.242 e. The maximum absolute atomic E-state index is 11.8. The van der Waals surface area contributed by atoms with Crippen LogP contribution in [-0.4, -0.2) is 28.1 Å². The average molecular weight is 299 g/mol. The molecule has 0 bridgehead atoms. The first-order valence-electron chi connectivity index (χ1n) is 6.78. The van der Waals surface area contributed by atoms with Crippen molar-refractivity contribution < 1.29 is 8.42 Å². The van der Waals surface area contributed by atoms with Gasteiger partial charge in [-0.2, -0.15) is 0 Å². The van der Waals surface area contributed by atoms with Crippen molar-refractivity contribution in [1.82, 2.24) is 4.72 Å². The van der Waals surface area contributed by atoms with Crippen LogP contribution in [0.2, 0.25) is 0 Å². The molecule has 0 fully saturated rings. The Morgan fingerprint density at radius 1 is 1.25 bits per heavy atom. The second-order valence-electron chi connectivity index (χ2n) is 5.57. The van der Waals surface area contributed by atoms with Crippen LogP contribution in [0.4, 0.5) is 11.4 Å². The first kappa shape index (κ1) is 16.8. The van der Waals surface area contributed by atoms with Crippen molar-refractivity contribution in [2.75, 3.05) is 24.2 Å². The molecule has 1 aromatic rings. The normalized spacial score (nSPS) is 12.2. The summed E-state index contributed by atoms with van der Waals surface area (Å²) in [6.07, 6.45) is 0. The highest BCUT2D eigenvalue weighted by Gasteiger charge is 2.18. The molecule has 0 aliphatic heterocycles. The lowest BCUT2D eigenvalue weighted by Gasteiger charge is -2.31. The molecule has 0 aliphatic carbocycles. The van der Waals surface area contributed by atoms with E-state index in [-0.39, 0.29) is 10.6 Å². The molecule has 0 unspecified atom stereocenters. The van der Waals surface area contributed by atoms with Gasteiger partial charge in [-0.3, -0.25) is 0 Å². The highest BCUT2D eigenvalue weighted by atomic mass is 32.2. The predicted molar refractivity (Wildman–Crippen MR) is 84.4 cm³/mol. The summed E-state index contributed by atoms with van der Waals surface area (Å²) in [5.41, 5.74) is 7.12. The number of nitrogens with two attached hydrogens (primary N) is 1. The van der Waals surface area contributed by atoms with Crippen LogP contribution in [0.25, 0.3) is 0 Å². The minimum atomic E-state index is -3.51. The fraction of sp³-hybridized carbons (Fsp3) is 0.571. The van der Waals surface area contributed by atoms with E-state index >= 15 is 0 Å². The van der Waals surface area contributed by atoms with E-state index in [0.717, 1.165) is 12.2 Å². The van der Waals surface area contributed by atoms with Gasteiger partial charge in [0.1, 0.15) is 4.90 Å². The number of anilines is 2. The van der Waals surface area contributed by atoms with Crippen LogP contribution in [0.3, 0.4) is 0 Å². The van der Waals surface area contributed by atoms with Crippen LogP contribution in [-0.2, 0) is 10.0 Å². The predicted octanol–water partition coefficient (Wildman–Crippen LogP) is 2.05. The first-order valence-corrected chi connectivity index (χ1v) is 8.27. The van der Waals surface area contributed by atoms with Gasteiger partial charge in [-0.25, -0.2) is 13.1 Å². The Kier molecular flexibility index (Phi) is 5.42. The topological polar surface area (TPSA) is 75.4 Å². The second kappa shape index (κ2) is 6.45. The SMILES string of the molecule is CNS(=O)(=O)c1ccc(N(CC(C)C)C(C)C)cc1N. The van der Waals surface area contributed by atoms with Crippen LogP contribution >= 0.6 is 0 Å². The Balaban J connectivity index is 3.19. The third-order valence-electron chi connectivity index (χ3n) is 3.07. The molecule has 0 spiro atoms. The lowest BCUT2D eigenvalue weighted by molar-refractivity contribution is 0.570. The van der Waals surface area contributed by atoms with E-state index in [1.807, 2.05) is 6.07 Å². The van der Waals surface area contributed by atoms with E-state index in [2.05, 4.69) is 37.3 Å². The van der Waals surface area contributed by atoms with Crippen LogP contribution in [0, 0.1) is 5.92 Å². The van der Waals surface area contributed by atoms with Gasteiger partial charge in [-0.15, -0.1) is 0 Å². The molecular weight excluding hydrogens is 274 g/mol. The largest absolute Gasteiger partial charge is 0.398 e. The monoisotopic (exact) mass is 299 g/mol. The minimum absolute atomic E-state index is 0.122. The minimum Gasteiger partial charge on any atom is -0.398 e. The number of hydrogen-bond donors (Lipinski definition) is 2. The molecule has 6 heteroatoms. The fourth-order valence-corrected chi connectivity index (χ4v) is 2.91. The standard InChI is InChI=1S/C14H25N3O2S/c1-10(2)9-17(11(3)4)12-6-7-14(13(15)8-12)20(18,19)16-5/h6-8,10-11,16H,9,15H2,1-5H3. The summed E-state index contributed by atoms with van der Waals surface area (Å²) < 4.78 is 25.9. The molecule has 0 heterocycles. The molecule has 0 saturated carbocycles. The van der Waals surface area contributed by atoms with Gasteiger partial charge in [-0.1, -0.05) is 13.8 Å². The Bertz CT molecular complexity index is 554. The van der Waals surface area contributed by atoms with Gasteiger partial charge in [0, 0.05) is 18.3 Å². The molecule has 114 valence electrons. The lowest BCUT2D eigenvalue weighted by Crippen LogP contribution is -2.34. The summed E-state index contributed by atoms with van der Waals surface area (Å²) in [5, 5.41) is 0. The van der Waals surface area contributed by atoms with E-state index in [0.29, 0.717) is 12.0 Å². The zero-order chi connectivity index (χ0) is 15.5. The Morgan fingerprint density at radius 2 is 1.85 bits per heavy atom. The summed E-state index contributed by atoms with van der Waals surface area (Å²) >= 11 is 0. The van der Waals surface area contributed by atoms with Crippen molar-refractivity contribution in [3.8, 4) is 0 Å². The molecule has 0 aromatic heterocycles. The van der Waals surface area contributed by atoms with Crippen LogP contribution in [0.1, 0.15) is 27.7 Å². The second-order valence-corrected chi connectivity index (χ2v) is 7.42. The number of nitrogen functional groups attached to an aromatic ring is 1. The van der Waals surface area contributed by atoms with Crippen molar-refractivity contribution in [3.63, 3.8) is 0 Å². The highest BCUT2D eigenvalue weighted by Crippen LogP contribution is 2.26. The molecule has 20 heavy (non-hydrogen) atoms. The number of nitrogens with one attached hydrogen (secondary N) is 1. The zero-order valence-corrected chi connectivity index (χ0v) is 13.7. The Morgan fingerprint density at radius 3 is 2.25 bits per heavy atom. The summed E-state index contributed by atoms with van der Waals surface area (Å²) in [7, 11) is -2.13. The van der Waals surface area contributed by atoms with Crippen LogP contribution < -0.4 is 15.4 Å². The first-order chi connectivity index (χ1) is 9.19. The molecular formula is C14H25N3O2S. The molecule has 0 radical (unpaired) electrons. The number of sulfonamides is 1. The Labute approximate surface area is 122 Å². The van der Waals surface area contributed by atoms with Gasteiger partial charge in [0.15, 0.2) is 0 Å². The molecule has 1 rings (SSSR count). The van der Waals surface area contributed by atoms with Crippen molar-refractivity contribution in [2.45, 2.75) is 38.6 Å². The van der Waals surface area contributed by atoms with Crippen molar-refractivity contribution in [2.24, 2.45) is 5.92 Å². The third kappa shape index (κ3) is 3.86. The lowest BCUT2D eigenvalue weighted by atomic mass is 10.1. The van der Waals surface area contributed by atoms with Gasteiger partial charge in [0.25, 0.3) is 0 Å². The Hall–Kier alpha value is -1.27. The summed E-state index contributed by atoms with van der Waals surface area (Å²) in [5.74, 6) is 0.513. The number of hydrogen-bond acceptors (Lipinski definition) is 4. The summed E-state index contributed by atoms with van der Waals surface area (Å²) in [6, 6.07) is 5.42. The molecule has 0 amide bonds. The van der Waals surface area contributed by atoms with Crippen molar-refractivity contribution in [3.05, 3.63) is 18.2 Å². The van der Waals surface area contributed by atoms with Gasteiger partial charge in [0.05, 0.1) is 5.69 Å². The third-order valence-corrected chi connectivity index (χ3v) is 4.56. The average Bonchev–Trinajstić information content (AvgIpc) is 2.35. The van der Waals surface area contributed by atoms with Gasteiger partial charge >= 0.3 is 0 Å². The molecule has 3 N–H and O–H groups in total. The van der Waals surface area contributed by atoms with Crippen molar-refractivity contribution >= 4 is 21.4 Å². The molecule has 0 aliphatic rings. The molecule has 5 nitrogen and oxygen atoms in total. The number of rotatable bonds is 6. The van der Waals surface area contributed by atoms with Gasteiger partial charge in [-0.05, 0) is 45.0 Å². The van der Waals surface area contributed by atoms with Crippen LogP contribution in [0.5, 0.6) is 0 Å². The van der Waals surface area contributed by atoms with E-state index in [1.54, 1.807) is 12.1 Å². The molecule has 1 aromatic carbocycles. The van der Waals surface area contributed by atoms with Gasteiger partial charge in [0.2, 0.25) is 10.0 Å². The zero-order valence-electron chi connectivity index (χ0n) is 12.8. The summed E-state index contributed by atoms with van der Waals surface area (Å²) in [4.78, 5) is 2.34. The summed E-state index contributed by atoms with van der Waals surface area (Å²) in [6.45, 7) is 9.42.